The van der Waals surface area contributed by atoms with E-state index in [-0.39, 0.29) is 90.8 Å². The molecule has 1 saturated heterocycles. The summed E-state index contributed by atoms with van der Waals surface area (Å²) in [5, 5.41) is 127. The number of hydrogen-bond acceptors (Lipinski definition) is 15. The summed E-state index contributed by atoms with van der Waals surface area (Å²) < 4.78 is 22.3. The van der Waals surface area contributed by atoms with Gasteiger partial charge in [0.05, 0.1) is 29.9 Å². The van der Waals surface area contributed by atoms with E-state index in [1.807, 2.05) is 0 Å². The van der Waals surface area contributed by atoms with E-state index in [1.165, 1.54) is 60.7 Å². The minimum absolute atomic E-state index is 0.0304. The van der Waals surface area contributed by atoms with Gasteiger partial charge in [0.25, 0.3) is 0 Å². The SMILES string of the molecule is OC[C@H]1OC(Oc2cc3c(O)cc(O)cc3[o+]c2-c2ccc(O)c(O)c2)[C@H](O)[C@@H](O)[C@@H]1O.Oc1cc(O)c2cc(O)c(-c3ccc(O)c(O)c3)[o+]c2c1. The van der Waals surface area contributed by atoms with Crippen molar-refractivity contribution in [1.29, 1.82) is 0 Å². The van der Waals surface area contributed by atoms with Gasteiger partial charge in [0, 0.05) is 36.4 Å². The minimum Gasteiger partial charge on any atom is -0.507 e. The Hall–Kier alpha value is -6.50. The Morgan fingerprint density at radius 2 is 1.02 bits per heavy atom. The molecule has 5 atom stereocenters. The first-order valence-electron chi connectivity index (χ1n) is 15.5. The first kappa shape index (κ1) is 36.3. The summed E-state index contributed by atoms with van der Waals surface area (Å²) in [5.41, 5.74) is 0.747. The number of hydrogen-bond donors (Lipinski definition) is 13. The van der Waals surface area contributed by atoms with Crippen molar-refractivity contribution < 1.29 is 84.7 Å². The Kier molecular flexibility index (Phi) is 9.76. The van der Waals surface area contributed by atoms with Gasteiger partial charge in [0.15, 0.2) is 23.0 Å². The minimum atomic E-state index is -1.71. The Morgan fingerprint density at radius 1 is 0.509 bits per heavy atom. The lowest BCUT2D eigenvalue weighted by atomic mass is 9.99. The molecule has 1 fully saturated rings. The summed E-state index contributed by atoms with van der Waals surface area (Å²) in [6, 6.07) is 15.0. The van der Waals surface area contributed by atoms with Crippen molar-refractivity contribution in [1.82, 2.24) is 0 Å². The molecule has 0 bridgehead atoms. The Balaban J connectivity index is 0.000000198. The van der Waals surface area contributed by atoms with E-state index in [0.717, 1.165) is 12.1 Å². The molecule has 2 aromatic heterocycles. The van der Waals surface area contributed by atoms with Gasteiger partial charge in [-0.2, -0.15) is 0 Å². The van der Waals surface area contributed by atoms with E-state index in [4.69, 9.17) is 18.3 Å². The monoisotopic (exact) mass is 736 g/mol. The van der Waals surface area contributed by atoms with Gasteiger partial charge in [-0.05, 0) is 24.3 Å². The van der Waals surface area contributed by atoms with E-state index >= 15 is 0 Å². The van der Waals surface area contributed by atoms with E-state index in [1.54, 1.807) is 0 Å². The fraction of sp³-hybridized carbons (Fsp3) is 0.167. The van der Waals surface area contributed by atoms with Gasteiger partial charge in [0.2, 0.25) is 17.8 Å². The number of phenolic OH excluding ortho intramolecular Hbond substituents is 8. The predicted octanol–water partition coefficient (Wildman–Crippen LogP) is 3.29. The lowest BCUT2D eigenvalue weighted by molar-refractivity contribution is -0.277. The van der Waals surface area contributed by atoms with Crippen molar-refractivity contribution in [3.8, 4) is 80.1 Å². The summed E-state index contributed by atoms with van der Waals surface area (Å²) >= 11 is 0. The van der Waals surface area contributed by atoms with E-state index in [2.05, 4.69) is 0 Å². The molecular formula is C36H32O17+2. The molecule has 4 aromatic carbocycles. The number of rotatable bonds is 5. The van der Waals surface area contributed by atoms with Crippen LogP contribution in [0.2, 0.25) is 0 Å². The van der Waals surface area contributed by atoms with E-state index < -0.39 is 43.1 Å². The molecule has 0 spiro atoms. The number of phenols is 8. The second kappa shape index (κ2) is 14.3. The third-order valence-electron chi connectivity index (χ3n) is 8.21. The molecular weight excluding hydrogens is 704 g/mol. The van der Waals surface area contributed by atoms with Gasteiger partial charge in [0.1, 0.15) is 58.2 Å². The normalized spacial score (nSPS) is 19.8. The van der Waals surface area contributed by atoms with Crippen molar-refractivity contribution in [2.45, 2.75) is 30.7 Å². The van der Waals surface area contributed by atoms with Gasteiger partial charge in [-0.3, -0.25) is 0 Å². The Labute approximate surface area is 296 Å². The van der Waals surface area contributed by atoms with E-state index in [0.29, 0.717) is 5.56 Å². The van der Waals surface area contributed by atoms with Crippen LogP contribution in [0, 0.1) is 0 Å². The molecule has 276 valence electrons. The fourth-order valence-corrected chi connectivity index (χ4v) is 5.49. The standard InChI is InChI=1S/C21H20O11.C15H10O6/c22-7-16-17(27)18(28)19(29)21(32-16)31-15-6-10-12(25)4-9(23)5-14(10)30-20(15)8-1-2-11(24)13(26)3-8;16-8-4-11(18)9-6-13(20)15(21-14(9)5-8)7-1-2-10(17)12(19)3-7/h1-6,16-19,21-22,27-29H,7H2,(H3-,23,24,25,26);1-6H,(H4-,16,17,18,19,20)/p+2/t16-,17-,18+,19-,21?;/m1./s1. The van der Waals surface area contributed by atoms with Crippen LogP contribution in [0.15, 0.2) is 81.6 Å². The molecule has 7 rings (SSSR count). The number of aliphatic hydroxyl groups excluding tert-OH is 4. The number of aliphatic hydroxyl groups is 4. The number of benzene rings is 4. The maximum absolute atomic E-state index is 10.3. The maximum Gasteiger partial charge on any atom is 0.402 e. The van der Waals surface area contributed by atoms with Crippen LogP contribution in [0.3, 0.4) is 0 Å². The molecule has 0 saturated carbocycles. The highest BCUT2D eigenvalue weighted by atomic mass is 16.7. The first-order valence-corrected chi connectivity index (χ1v) is 15.5. The number of ether oxygens (including phenoxy) is 2. The summed E-state index contributed by atoms with van der Waals surface area (Å²) in [7, 11) is 0. The first-order chi connectivity index (χ1) is 25.1. The van der Waals surface area contributed by atoms with Crippen molar-refractivity contribution in [3.05, 3.63) is 72.8 Å². The van der Waals surface area contributed by atoms with Crippen LogP contribution in [0.5, 0.6) is 57.5 Å². The zero-order chi connectivity index (χ0) is 38.3. The molecule has 13 N–H and O–H groups in total. The molecule has 0 amide bonds. The van der Waals surface area contributed by atoms with Gasteiger partial charge >= 0.3 is 22.7 Å². The van der Waals surface area contributed by atoms with Crippen molar-refractivity contribution in [3.63, 3.8) is 0 Å². The highest BCUT2D eigenvalue weighted by Crippen LogP contribution is 2.43. The summed E-state index contributed by atoms with van der Waals surface area (Å²) in [6.45, 7) is -0.661. The Bertz CT molecular complexity index is 2330. The van der Waals surface area contributed by atoms with Crippen LogP contribution in [0.25, 0.3) is 44.6 Å². The average molecular weight is 737 g/mol. The number of aromatic hydroxyl groups is 9. The van der Waals surface area contributed by atoms with Crippen LogP contribution in [-0.4, -0.2) is 104 Å². The smallest absolute Gasteiger partial charge is 0.402 e. The molecule has 53 heavy (non-hydrogen) atoms. The largest absolute Gasteiger partial charge is 0.507 e. The third-order valence-corrected chi connectivity index (χ3v) is 8.21. The molecule has 0 radical (unpaired) electrons. The third kappa shape index (κ3) is 7.18. The highest BCUT2D eigenvalue weighted by Gasteiger charge is 2.45. The average Bonchev–Trinajstić information content (AvgIpc) is 3.11. The van der Waals surface area contributed by atoms with E-state index in [9.17, 15) is 66.4 Å². The topological polar surface area (TPSA) is 304 Å². The summed E-state index contributed by atoms with van der Waals surface area (Å²) in [5.74, 6) is -2.94. The second-order valence-electron chi connectivity index (χ2n) is 11.9. The van der Waals surface area contributed by atoms with Crippen LogP contribution in [0.1, 0.15) is 0 Å². The van der Waals surface area contributed by atoms with Crippen molar-refractivity contribution in [2.24, 2.45) is 0 Å². The highest BCUT2D eigenvalue weighted by molar-refractivity contribution is 5.89. The predicted molar refractivity (Wildman–Crippen MR) is 181 cm³/mol. The van der Waals surface area contributed by atoms with Crippen LogP contribution >= 0.6 is 0 Å². The fourth-order valence-electron chi connectivity index (χ4n) is 5.49. The summed E-state index contributed by atoms with van der Waals surface area (Å²) in [4.78, 5) is 0. The lowest BCUT2D eigenvalue weighted by Crippen LogP contribution is -2.60. The second-order valence-corrected chi connectivity index (χ2v) is 11.9. The van der Waals surface area contributed by atoms with Crippen LogP contribution in [-0.2, 0) is 4.74 Å². The van der Waals surface area contributed by atoms with Crippen molar-refractivity contribution >= 4 is 21.9 Å². The lowest BCUT2D eigenvalue weighted by Gasteiger charge is -2.39. The molecule has 6 aromatic rings. The molecule has 1 aliphatic rings. The quantitative estimate of drug-likeness (QED) is 0.0892. The molecule has 17 heteroatoms. The summed E-state index contributed by atoms with van der Waals surface area (Å²) in [6.07, 6.45) is -7.76. The zero-order valence-electron chi connectivity index (χ0n) is 27.0. The molecule has 1 aliphatic heterocycles. The van der Waals surface area contributed by atoms with Crippen LogP contribution in [0.4, 0.5) is 0 Å². The maximum atomic E-state index is 10.3. The Morgan fingerprint density at radius 3 is 1.55 bits per heavy atom. The van der Waals surface area contributed by atoms with Crippen molar-refractivity contribution in [2.75, 3.05) is 6.61 Å². The van der Waals surface area contributed by atoms with Gasteiger partial charge in [-0.15, -0.1) is 0 Å². The van der Waals surface area contributed by atoms with Gasteiger partial charge < -0.3 is 75.9 Å². The molecule has 17 nitrogen and oxygen atoms in total. The van der Waals surface area contributed by atoms with Gasteiger partial charge in [-0.25, -0.2) is 8.83 Å². The van der Waals surface area contributed by atoms with Crippen LogP contribution < -0.4 is 4.74 Å². The number of fused-ring (bicyclic) bond motifs is 2. The molecule has 3 heterocycles. The zero-order valence-corrected chi connectivity index (χ0v) is 27.0. The molecule has 1 unspecified atom stereocenters. The molecule has 0 aliphatic carbocycles. The van der Waals surface area contributed by atoms with Gasteiger partial charge in [-0.1, -0.05) is 0 Å².